The fraction of sp³-hybridized carbons (Fsp3) is 0.259. The number of rotatable bonds is 4. The third kappa shape index (κ3) is 4.77. The number of hydrogen-bond donors (Lipinski definition) is 0. The molecule has 9 heteroatoms. The van der Waals surface area contributed by atoms with Crippen LogP contribution in [0.4, 0.5) is 9.18 Å². The minimum atomic E-state index is -0.390. The van der Waals surface area contributed by atoms with Gasteiger partial charge in [-0.05, 0) is 55.3 Å². The van der Waals surface area contributed by atoms with Gasteiger partial charge in [0.05, 0.1) is 11.9 Å². The third-order valence-electron chi connectivity index (χ3n) is 6.32. The Morgan fingerprint density at radius 2 is 1.83 bits per heavy atom. The van der Waals surface area contributed by atoms with Crippen molar-refractivity contribution >= 4 is 17.6 Å². The molecule has 0 bridgehead atoms. The standard InChI is InChI=1S/C27H26FN5O3/c1-18-14-23(21-8-10-22(28)11-9-21)30-33-16-24(29-25(18)33)26(34)31-12-13-32(19(2)15-31)27(35)36-17-20-6-4-3-5-7-20/h3-11,14,16,19H,12-13,15,17H2,1-2H3. The topological polar surface area (TPSA) is 80.0 Å². The Bertz CT molecular complexity index is 1400. The number of piperazine rings is 1. The Balaban J connectivity index is 1.27. The summed E-state index contributed by atoms with van der Waals surface area (Å²) in [6.45, 7) is 5.13. The number of ether oxygens (including phenoxy) is 1. The van der Waals surface area contributed by atoms with Crippen LogP contribution in [0.25, 0.3) is 16.9 Å². The molecule has 2 aromatic heterocycles. The van der Waals surface area contributed by atoms with Crippen molar-refractivity contribution in [2.24, 2.45) is 0 Å². The van der Waals surface area contributed by atoms with Gasteiger partial charge in [0.25, 0.3) is 5.91 Å². The second kappa shape index (κ2) is 9.77. The molecular formula is C27H26FN5O3. The van der Waals surface area contributed by atoms with E-state index in [0.717, 1.165) is 16.7 Å². The Labute approximate surface area is 207 Å². The van der Waals surface area contributed by atoms with Crippen molar-refractivity contribution in [1.29, 1.82) is 0 Å². The summed E-state index contributed by atoms with van der Waals surface area (Å²) in [6, 6.07) is 17.3. The predicted octanol–water partition coefficient (Wildman–Crippen LogP) is 4.33. The van der Waals surface area contributed by atoms with Gasteiger partial charge in [-0.15, -0.1) is 0 Å². The molecule has 0 N–H and O–H groups in total. The van der Waals surface area contributed by atoms with E-state index < -0.39 is 0 Å². The number of aromatic nitrogens is 3. The Morgan fingerprint density at radius 3 is 2.56 bits per heavy atom. The van der Waals surface area contributed by atoms with Gasteiger partial charge in [-0.3, -0.25) is 4.79 Å². The summed E-state index contributed by atoms with van der Waals surface area (Å²) < 4.78 is 20.4. The number of imidazole rings is 1. The molecule has 36 heavy (non-hydrogen) atoms. The van der Waals surface area contributed by atoms with Crippen LogP contribution in [0.5, 0.6) is 0 Å². The molecular weight excluding hydrogens is 461 g/mol. The number of hydrogen-bond acceptors (Lipinski definition) is 5. The molecule has 4 aromatic rings. The summed E-state index contributed by atoms with van der Waals surface area (Å²) in [5.41, 5.74) is 4.07. The normalized spacial score (nSPS) is 15.8. The van der Waals surface area contributed by atoms with Crippen LogP contribution in [-0.2, 0) is 11.3 Å². The lowest BCUT2D eigenvalue weighted by Gasteiger charge is -2.38. The molecule has 2 amide bonds. The van der Waals surface area contributed by atoms with Crippen LogP contribution >= 0.6 is 0 Å². The van der Waals surface area contributed by atoms with Gasteiger partial charge in [-0.2, -0.15) is 5.10 Å². The van der Waals surface area contributed by atoms with Crippen LogP contribution in [0.1, 0.15) is 28.5 Å². The lowest BCUT2D eigenvalue weighted by Crippen LogP contribution is -2.55. The van der Waals surface area contributed by atoms with E-state index in [0.29, 0.717) is 31.0 Å². The molecule has 0 spiro atoms. The predicted molar refractivity (Wildman–Crippen MR) is 132 cm³/mol. The van der Waals surface area contributed by atoms with E-state index >= 15 is 0 Å². The molecule has 2 aromatic carbocycles. The molecule has 1 atom stereocenters. The van der Waals surface area contributed by atoms with E-state index in [4.69, 9.17) is 4.74 Å². The zero-order chi connectivity index (χ0) is 25.2. The summed E-state index contributed by atoms with van der Waals surface area (Å²) in [4.78, 5) is 33.7. The number of nitrogens with zero attached hydrogens (tertiary/aromatic N) is 5. The maximum atomic E-state index is 13.3. The fourth-order valence-electron chi connectivity index (χ4n) is 4.37. The molecule has 184 valence electrons. The van der Waals surface area contributed by atoms with Crippen molar-refractivity contribution in [3.63, 3.8) is 0 Å². The van der Waals surface area contributed by atoms with Crippen LogP contribution in [0, 0.1) is 12.7 Å². The zero-order valence-electron chi connectivity index (χ0n) is 20.1. The highest BCUT2D eigenvalue weighted by Gasteiger charge is 2.32. The van der Waals surface area contributed by atoms with Crippen LogP contribution < -0.4 is 0 Å². The summed E-state index contributed by atoms with van der Waals surface area (Å²) in [5.74, 6) is -0.529. The van der Waals surface area contributed by atoms with E-state index in [2.05, 4.69) is 10.1 Å². The highest BCUT2D eigenvalue weighted by atomic mass is 19.1. The lowest BCUT2D eigenvalue weighted by molar-refractivity contribution is 0.0388. The summed E-state index contributed by atoms with van der Waals surface area (Å²) >= 11 is 0. The van der Waals surface area contributed by atoms with Gasteiger partial charge < -0.3 is 14.5 Å². The number of aryl methyl sites for hydroxylation is 1. The van der Waals surface area contributed by atoms with Gasteiger partial charge in [0.1, 0.15) is 18.1 Å². The van der Waals surface area contributed by atoms with Crippen molar-refractivity contribution in [2.45, 2.75) is 26.5 Å². The first kappa shape index (κ1) is 23.5. The molecule has 0 aliphatic carbocycles. The fourth-order valence-corrected chi connectivity index (χ4v) is 4.37. The average Bonchev–Trinajstić information content (AvgIpc) is 3.33. The Kier molecular flexibility index (Phi) is 6.37. The molecule has 0 radical (unpaired) electrons. The third-order valence-corrected chi connectivity index (χ3v) is 6.32. The molecule has 0 saturated carbocycles. The van der Waals surface area contributed by atoms with Gasteiger partial charge in [-0.1, -0.05) is 30.3 Å². The van der Waals surface area contributed by atoms with Crippen molar-refractivity contribution in [2.75, 3.05) is 19.6 Å². The Morgan fingerprint density at radius 1 is 1.08 bits per heavy atom. The van der Waals surface area contributed by atoms with Gasteiger partial charge >= 0.3 is 6.09 Å². The number of amides is 2. The average molecular weight is 488 g/mol. The van der Waals surface area contributed by atoms with E-state index in [9.17, 15) is 14.0 Å². The molecule has 5 rings (SSSR count). The minimum absolute atomic E-state index is 0.201. The molecule has 1 aliphatic rings. The first-order chi connectivity index (χ1) is 17.4. The molecule has 8 nitrogen and oxygen atoms in total. The highest BCUT2D eigenvalue weighted by molar-refractivity contribution is 5.93. The monoisotopic (exact) mass is 487 g/mol. The van der Waals surface area contributed by atoms with Crippen molar-refractivity contribution in [1.82, 2.24) is 24.4 Å². The lowest BCUT2D eigenvalue weighted by atomic mass is 10.1. The quantitative estimate of drug-likeness (QED) is 0.428. The van der Waals surface area contributed by atoms with Gasteiger partial charge in [0.2, 0.25) is 0 Å². The van der Waals surface area contributed by atoms with Crippen molar-refractivity contribution in [3.8, 4) is 11.3 Å². The molecule has 1 saturated heterocycles. The van der Waals surface area contributed by atoms with Crippen molar-refractivity contribution < 1.29 is 18.7 Å². The first-order valence-corrected chi connectivity index (χ1v) is 11.8. The maximum absolute atomic E-state index is 13.3. The van der Waals surface area contributed by atoms with Crippen LogP contribution in [-0.4, -0.2) is 62.1 Å². The van der Waals surface area contributed by atoms with Gasteiger partial charge in [-0.25, -0.2) is 18.7 Å². The zero-order valence-corrected chi connectivity index (χ0v) is 20.1. The smallest absolute Gasteiger partial charge is 0.410 e. The SMILES string of the molecule is Cc1cc(-c2ccc(F)cc2)nn2cc(C(=O)N3CCN(C(=O)OCc4ccccc4)C(C)C3)nc12. The molecule has 3 heterocycles. The number of carbonyl (C=O) groups is 2. The number of benzene rings is 2. The summed E-state index contributed by atoms with van der Waals surface area (Å²) in [6.07, 6.45) is 1.22. The van der Waals surface area contributed by atoms with Crippen molar-refractivity contribution in [3.05, 3.63) is 89.5 Å². The molecule has 1 unspecified atom stereocenters. The minimum Gasteiger partial charge on any atom is -0.445 e. The number of fused-ring (bicyclic) bond motifs is 1. The van der Waals surface area contributed by atoms with Gasteiger partial charge in [0.15, 0.2) is 5.65 Å². The van der Waals surface area contributed by atoms with Crippen LogP contribution in [0.3, 0.4) is 0 Å². The first-order valence-electron chi connectivity index (χ1n) is 11.8. The highest BCUT2D eigenvalue weighted by Crippen LogP contribution is 2.22. The molecule has 1 fully saturated rings. The van der Waals surface area contributed by atoms with E-state index in [1.807, 2.05) is 50.2 Å². The second-order valence-electron chi connectivity index (χ2n) is 8.95. The Hall–Kier alpha value is -4.27. The maximum Gasteiger partial charge on any atom is 0.410 e. The number of carbonyl (C=O) groups excluding carboxylic acids is 2. The second-order valence-corrected chi connectivity index (χ2v) is 8.95. The van der Waals surface area contributed by atoms with Gasteiger partial charge in [0, 0.05) is 31.2 Å². The van der Waals surface area contributed by atoms with E-state index in [1.54, 1.807) is 32.6 Å². The largest absolute Gasteiger partial charge is 0.445 e. The van der Waals surface area contributed by atoms with Crippen LogP contribution in [0.15, 0.2) is 66.9 Å². The number of halogens is 1. The molecule has 1 aliphatic heterocycles. The summed E-state index contributed by atoms with van der Waals surface area (Å²) in [7, 11) is 0. The van der Waals surface area contributed by atoms with E-state index in [-0.39, 0.29) is 36.2 Å². The van der Waals surface area contributed by atoms with E-state index in [1.165, 1.54) is 12.1 Å². The van der Waals surface area contributed by atoms with Crippen LogP contribution in [0.2, 0.25) is 0 Å². The summed E-state index contributed by atoms with van der Waals surface area (Å²) in [5, 5.41) is 4.57.